The lowest BCUT2D eigenvalue weighted by molar-refractivity contribution is 0.102. The Labute approximate surface area is 192 Å². The molecule has 4 rings (SSSR count). The maximum Gasteiger partial charge on any atom is 0.260 e. The summed E-state index contributed by atoms with van der Waals surface area (Å²) in [5.74, 6) is 0.581. The van der Waals surface area contributed by atoms with E-state index in [1.807, 2.05) is 38.1 Å². The molecule has 0 saturated heterocycles. The number of nitrogens with one attached hydrogen (secondary N) is 3. The van der Waals surface area contributed by atoms with Crippen molar-refractivity contribution < 1.29 is 9.53 Å². The smallest absolute Gasteiger partial charge is 0.260 e. The van der Waals surface area contributed by atoms with E-state index in [9.17, 15) is 4.79 Å². The van der Waals surface area contributed by atoms with E-state index >= 15 is 0 Å². The summed E-state index contributed by atoms with van der Waals surface area (Å²) in [6.07, 6.45) is 4.35. The van der Waals surface area contributed by atoms with Gasteiger partial charge in [0, 0.05) is 23.5 Å². The van der Waals surface area contributed by atoms with Crippen LogP contribution in [0.25, 0.3) is 11.1 Å². The van der Waals surface area contributed by atoms with Gasteiger partial charge in [0.15, 0.2) is 5.84 Å². The van der Waals surface area contributed by atoms with Gasteiger partial charge in [-0.05, 0) is 62.6 Å². The molecule has 1 unspecified atom stereocenters. The first-order chi connectivity index (χ1) is 16.0. The first-order valence-corrected chi connectivity index (χ1v) is 10.8. The molecule has 1 aliphatic rings. The summed E-state index contributed by atoms with van der Waals surface area (Å²) in [6, 6.07) is 14.5. The lowest BCUT2D eigenvalue weighted by Gasteiger charge is -2.27. The average Bonchev–Trinajstić information content (AvgIpc) is 2.82. The molecule has 3 aromatic rings. The topological polar surface area (TPSA) is 115 Å². The second-order valence-electron chi connectivity index (χ2n) is 7.99. The first-order valence-electron chi connectivity index (χ1n) is 10.8. The van der Waals surface area contributed by atoms with Gasteiger partial charge in [0.2, 0.25) is 0 Å². The Kier molecular flexibility index (Phi) is 6.44. The van der Waals surface area contributed by atoms with Crippen LogP contribution >= 0.6 is 0 Å². The van der Waals surface area contributed by atoms with Crippen LogP contribution in [0.1, 0.15) is 41.5 Å². The Hall–Kier alpha value is -4.07. The molecular weight excluding hydrogens is 416 g/mol. The first kappa shape index (κ1) is 22.1. The molecule has 1 aromatic carbocycles. The number of nitrogens with zero attached hydrogens (tertiary/aromatic N) is 3. The number of pyridine rings is 2. The number of anilines is 1. The van der Waals surface area contributed by atoms with Crippen LogP contribution < -0.4 is 10.1 Å². The van der Waals surface area contributed by atoms with Crippen molar-refractivity contribution in [3.8, 4) is 16.9 Å². The molecule has 168 valence electrons. The van der Waals surface area contributed by atoms with Gasteiger partial charge in [0.05, 0.1) is 18.5 Å². The molecular formula is C25H26N6O2. The highest BCUT2D eigenvalue weighted by atomic mass is 16.5. The number of benzene rings is 1. The molecule has 8 nitrogen and oxygen atoms in total. The number of aryl methyl sites for hydroxylation is 1. The Balaban J connectivity index is 1.73. The summed E-state index contributed by atoms with van der Waals surface area (Å²) < 4.78 is 5.99. The highest BCUT2D eigenvalue weighted by Crippen LogP contribution is 2.28. The zero-order chi connectivity index (χ0) is 23.4. The van der Waals surface area contributed by atoms with E-state index in [1.165, 1.54) is 0 Å². The summed E-state index contributed by atoms with van der Waals surface area (Å²) in [5, 5.41) is 19.1. The van der Waals surface area contributed by atoms with E-state index in [0.29, 0.717) is 42.3 Å². The normalized spacial score (nSPS) is 16.8. The average molecular weight is 443 g/mol. The minimum Gasteiger partial charge on any atom is -0.493 e. The number of amidine groups is 1. The fourth-order valence-corrected chi connectivity index (χ4v) is 3.72. The number of fused-ring (bicyclic) bond motifs is 3. The summed E-state index contributed by atoms with van der Waals surface area (Å²) in [6.45, 7) is 4.31. The Morgan fingerprint density at radius 2 is 2.00 bits per heavy atom. The summed E-state index contributed by atoms with van der Waals surface area (Å²) in [4.78, 5) is 23.6. The van der Waals surface area contributed by atoms with Gasteiger partial charge in [-0.1, -0.05) is 18.2 Å². The third kappa shape index (κ3) is 4.90. The largest absolute Gasteiger partial charge is 0.493 e. The van der Waals surface area contributed by atoms with E-state index < -0.39 is 0 Å². The number of hydrogen-bond acceptors (Lipinski definition) is 6. The monoisotopic (exact) mass is 442 g/mol. The number of carbonyl (C=O) groups excluding carboxylic acids is 1. The maximum absolute atomic E-state index is 13.2. The van der Waals surface area contributed by atoms with Crippen molar-refractivity contribution >= 4 is 23.9 Å². The number of carbonyl (C=O) groups is 1. The van der Waals surface area contributed by atoms with Crippen LogP contribution in [0.5, 0.6) is 5.75 Å². The highest BCUT2D eigenvalue weighted by Gasteiger charge is 2.20. The predicted octanol–water partition coefficient (Wildman–Crippen LogP) is 4.50. The number of hydrogen-bond donors (Lipinski definition) is 3. The number of rotatable bonds is 2. The highest BCUT2D eigenvalue weighted by molar-refractivity contribution is 6.07. The van der Waals surface area contributed by atoms with Crippen molar-refractivity contribution in [3.63, 3.8) is 0 Å². The number of amides is 1. The molecule has 8 heteroatoms. The standard InChI is InChI=1S/C25H26N6O2/c1-16-8-9-19(14-28-16)18-10-11-22-20(13-18)25(32)30-23-7-3-6-21(29-23)24(27)31(15-26)17(2)5-4-12-33-22/h3,6-11,13-15,17,26-27H,4-5,12H2,1-2H3,(H,29,30,32). The zero-order valence-corrected chi connectivity index (χ0v) is 18.6. The molecule has 3 heterocycles. The molecule has 1 aliphatic heterocycles. The van der Waals surface area contributed by atoms with Crippen LogP contribution in [-0.4, -0.2) is 45.6 Å². The second-order valence-corrected chi connectivity index (χ2v) is 7.99. The van der Waals surface area contributed by atoms with Crippen molar-refractivity contribution in [2.45, 2.75) is 32.7 Å². The van der Waals surface area contributed by atoms with E-state index in [4.69, 9.17) is 15.6 Å². The van der Waals surface area contributed by atoms with Gasteiger partial charge in [-0.15, -0.1) is 0 Å². The van der Waals surface area contributed by atoms with Crippen LogP contribution in [0.15, 0.2) is 54.7 Å². The molecule has 2 aromatic heterocycles. The van der Waals surface area contributed by atoms with Crippen LogP contribution in [0, 0.1) is 17.7 Å². The minimum absolute atomic E-state index is 0.0718. The number of aromatic nitrogens is 2. The van der Waals surface area contributed by atoms with Crippen LogP contribution in [0.2, 0.25) is 0 Å². The summed E-state index contributed by atoms with van der Waals surface area (Å²) >= 11 is 0. The van der Waals surface area contributed by atoms with Crippen LogP contribution in [-0.2, 0) is 0 Å². The van der Waals surface area contributed by atoms with Gasteiger partial charge in [0.25, 0.3) is 5.91 Å². The molecule has 0 saturated carbocycles. The van der Waals surface area contributed by atoms with Crippen molar-refractivity contribution in [2.24, 2.45) is 0 Å². The van der Waals surface area contributed by atoms with Gasteiger partial charge in [-0.25, -0.2) is 4.98 Å². The Morgan fingerprint density at radius 3 is 2.76 bits per heavy atom. The molecule has 1 atom stereocenters. The molecule has 0 aliphatic carbocycles. The van der Waals surface area contributed by atoms with Gasteiger partial charge in [0.1, 0.15) is 17.3 Å². The second kappa shape index (κ2) is 9.60. The fraction of sp³-hybridized carbons (Fsp3) is 0.240. The van der Waals surface area contributed by atoms with Gasteiger partial charge < -0.3 is 15.0 Å². The van der Waals surface area contributed by atoms with E-state index in [2.05, 4.69) is 15.3 Å². The third-order valence-electron chi connectivity index (χ3n) is 5.60. The lowest BCUT2D eigenvalue weighted by Crippen LogP contribution is -2.38. The van der Waals surface area contributed by atoms with Crippen molar-refractivity contribution in [2.75, 3.05) is 11.9 Å². The SMILES string of the molecule is Cc1ccc(-c2ccc3c(c2)C(=O)Nc2cccc(n2)C(=N)N(C=N)C(C)CCCO3)cn1. The lowest BCUT2D eigenvalue weighted by atomic mass is 10.0. The van der Waals surface area contributed by atoms with Crippen molar-refractivity contribution in [1.29, 1.82) is 10.8 Å². The fourth-order valence-electron chi connectivity index (χ4n) is 3.72. The third-order valence-corrected chi connectivity index (χ3v) is 5.60. The van der Waals surface area contributed by atoms with E-state index in [1.54, 1.807) is 35.4 Å². The van der Waals surface area contributed by atoms with Crippen LogP contribution in [0.3, 0.4) is 0 Å². The van der Waals surface area contributed by atoms with E-state index in [0.717, 1.165) is 23.2 Å². The van der Waals surface area contributed by atoms with Crippen molar-refractivity contribution in [1.82, 2.24) is 14.9 Å². The molecule has 0 radical (unpaired) electrons. The predicted molar refractivity (Wildman–Crippen MR) is 128 cm³/mol. The van der Waals surface area contributed by atoms with Crippen molar-refractivity contribution in [3.05, 3.63) is 71.7 Å². The molecule has 2 bridgehead atoms. The van der Waals surface area contributed by atoms with E-state index in [-0.39, 0.29) is 17.8 Å². The number of ether oxygens (including phenoxy) is 1. The molecule has 0 fully saturated rings. The van der Waals surface area contributed by atoms with Gasteiger partial charge in [-0.3, -0.25) is 20.6 Å². The molecule has 3 N–H and O–H groups in total. The summed E-state index contributed by atoms with van der Waals surface area (Å²) in [5.41, 5.74) is 3.48. The quantitative estimate of drug-likeness (QED) is 0.399. The molecule has 0 spiro atoms. The summed E-state index contributed by atoms with van der Waals surface area (Å²) in [7, 11) is 0. The Bertz CT molecular complexity index is 1190. The van der Waals surface area contributed by atoms with Gasteiger partial charge >= 0.3 is 0 Å². The van der Waals surface area contributed by atoms with Crippen LogP contribution in [0.4, 0.5) is 5.82 Å². The Morgan fingerprint density at radius 1 is 1.18 bits per heavy atom. The maximum atomic E-state index is 13.2. The zero-order valence-electron chi connectivity index (χ0n) is 18.6. The molecule has 33 heavy (non-hydrogen) atoms. The molecule has 1 amide bonds. The van der Waals surface area contributed by atoms with Gasteiger partial charge in [-0.2, -0.15) is 0 Å². The minimum atomic E-state index is -0.350.